The maximum Gasteiger partial charge on any atom is 0.340 e. The van der Waals surface area contributed by atoms with E-state index in [1.54, 1.807) is 6.92 Å². The number of benzene rings is 2. The van der Waals surface area contributed by atoms with E-state index < -0.39 is 21.9 Å². The quantitative estimate of drug-likeness (QED) is 0.553. The second kappa shape index (κ2) is 10.0. The number of methoxy groups -OCH3 is 4. The molecule has 2 N–H and O–H groups in total. The minimum atomic E-state index is -4.21. The Bertz CT molecular complexity index is 1080. The summed E-state index contributed by atoms with van der Waals surface area (Å²) in [6, 6.07) is 6.44. The summed E-state index contributed by atoms with van der Waals surface area (Å²) in [7, 11) is 1.08. The van der Waals surface area contributed by atoms with Gasteiger partial charge in [0, 0.05) is 18.7 Å². The van der Waals surface area contributed by atoms with Crippen molar-refractivity contribution < 1.29 is 37.0 Å². The molecule has 2 aromatic rings. The van der Waals surface area contributed by atoms with Gasteiger partial charge in [-0.05, 0) is 25.1 Å². The third kappa shape index (κ3) is 5.18. The zero-order valence-electron chi connectivity index (χ0n) is 17.8. The molecular formula is C20H24N2O8S. The van der Waals surface area contributed by atoms with Crippen LogP contribution in [0.15, 0.2) is 35.2 Å². The zero-order chi connectivity index (χ0) is 23.2. The molecule has 0 aliphatic carbocycles. The van der Waals surface area contributed by atoms with E-state index >= 15 is 0 Å². The lowest BCUT2D eigenvalue weighted by Crippen LogP contribution is -2.24. The first kappa shape index (κ1) is 23.8. The van der Waals surface area contributed by atoms with Gasteiger partial charge in [0.2, 0.25) is 0 Å². The third-order valence-electron chi connectivity index (χ3n) is 4.24. The molecule has 0 heterocycles. The van der Waals surface area contributed by atoms with Crippen LogP contribution in [-0.2, 0) is 14.8 Å². The van der Waals surface area contributed by atoms with Gasteiger partial charge in [0.15, 0.2) is 11.5 Å². The highest BCUT2D eigenvalue weighted by molar-refractivity contribution is 7.92. The lowest BCUT2D eigenvalue weighted by atomic mass is 10.1. The third-order valence-corrected chi connectivity index (χ3v) is 5.60. The lowest BCUT2D eigenvalue weighted by molar-refractivity contribution is 0.0601. The molecule has 0 aromatic heterocycles. The molecule has 0 aliphatic rings. The Morgan fingerprint density at radius 3 is 2.03 bits per heavy atom. The Balaban J connectivity index is 2.57. The van der Waals surface area contributed by atoms with Crippen molar-refractivity contribution in [1.29, 1.82) is 0 Å². The monoisotopic (exact) mass is 452 g/mol. The topological polar surface area (TPSA) is 129 Å². The fourth-order valence-corrected chi connectivity index (χ4v) is 3.83. The molecule has 0 saturated carbocycles. The second-order valence-corrected chi connectivity index (χ2v) is 7.75. The predicted molar refractivity (Wildman–Crippen MR) is 113 cm³/mol. The second-order valence-electron chi connectivity index (χ2n) is 6.07. The molecule has 10 nitrogen and oxygen atoms in total. The van der Waals surface area contributed by atoms with E-state index in [-0.39, 0.29) is 39.0 Å². The van der Waals surface area contributed by atoms with Crippen LogP contribution in [0.4, 0.5) is 5.69 Å². The minimum absolute atomic E-state index is 0.0488. The van der Waals surface area contributed by atoms with Crippen molar-refractivity contribution in [1.82, 2.24) is 5.32 Å². The highest BCUT2D eigenvalue weighted by Gasteiger charge is 2.24. The minimum Gasteiger partial charge on any atom is -0.496 e. The van der Waals surface area contributed by atoms with Gasteiger partial charge in [-0.25, -0.2) is 13.2 Å². The summed E-state index contributed by atoms with van der Waals surface area (Å²) in [5.41, 5.74) is -0.117. The van der Waals surface area contributed by atoms with E-state index in [9.17, 15) is 18.0 Å². The van der Waals surface area contributed by atoms with Gasteiger partial charge < -0.3 is 24.3 Å². The van der Waals surface area contributed by atoms with Gasteiger partial charge in [-0.15, -0.1) is 0 Å². The number of anilines is 1. The molecule has 11 heteroatoms. The smallest absolute Gasteiger partial charge is 0.340 e. The van der Waals surface area contributed by atoms with Gasteiger partial charge in [0.25, 0.3) is 15.9 Å². The van der Waals surface area contributed by atoms with Crippen molar-refractivity contribution in [2.75, 3.05) is 39.7 Å². The van der Waals surface area contributed by atoms with Crippen LogP contribution in [0.3, 0.4) is 0 Å². The molecule has 0 saturated heterocycles. The van der Waals surface area contributed by atoms with Crippen LogP contribution in [0.1, 0.15) is 27.6 Å². The molecule has 2 rings (SSSR count). The molecule has 0 unspecified atom stereocenters. The average Bonchev–Trinajstić information content (AvgIpc) is 2.77. The molecular weight excluding hydrogens is 428 g/mol. The van der Waals surface area contributed by atoms with E-state index in [0.717, 1.165) is 0 Å². The summed E-state index contributed by atoms with van der Waals surface area (Å²) in [5.74, 6) is -0.639. The number of hydrogen-bond donors (Lipinski definition) is 2. The Morgan fingerprint density at radius 1 is 0.871 bits per heavy atom. The van der Waals surface area contributed by atoms with Crippen LogP contribution in [0, 0.1) is 0 Å². The first-order valence-electron chi connectivity index (χ1n) is 9.05. The molecule has 0 aliphatic heterocycles. The summed E-state index contributed by atoms with van der Waals surface area (Å²) in [6.45, 7) is 2.09. The number of esters is 1. The number of carbonyl (C=O) groups is 2. The number of carbonyl (C=O) groups excluding carboxylic acids is 2. The predicted octanol–water partition coefficient (Wildman–Crippen LogP) is 2.05. The van der Waals surface area contributed by atoms with Crippen LogP contribution in [0.2, 0.25) is 0 Å². The van der Waals surface area contributed by atoms with Gasteiger partial charge in [-0.3, -0.25) is 9.52 Å². The molecule has 0 spiro atoms. The maximum atomic E-state index is 13.0. The summed E-state index contributed by atoms with van der Waals surface area (Å²) in [5, 5.41) is 2.60. The average molecular weight is 452 g/mol. The highest BCUT2D eigenvalue weighted by atomic mass is 32.2. The summed E-state index contributed by atoms with van der Waals surface area (Å²) >= 11 is 0. The highest BCUT2D eigenvalue weighted by Crippen LogP contribution is 2.35. The van der Waals surface area contributed by atoms with E-state index in [4.69, 9.17) is 18.9 Å². The number of amides is 1. The Kier molecular flexibility index (Phi) is 7.70. The Labute approximate surface area is 180 Å². The van der Waals surface area contributed by atoms with Gasteiger partial charge in [-0.2, -0.15) is 0 Å². The Hall–Kier alpha value is -3.47. The van der Waals surface area contributed by atoms with E-state index in [1.807, 2.05) is 0 Å². The number of rotatable bonds is 9. The van der Waals surface area contributed by atoms with Crippen molar-refractivity contribution in [3.8, 4) is 17.2 Å². The van der Waals surface area contributed by atoms with Crippen molar-refractivity contribution >= 4 is 27.6 Å². The van der Waals surface area contributed by atoms with Crippen molar-refractivity contribution in [3.05, 3.63) is 41.5 Å². The molecule has 1 amide bonds. The molecule has 0 bridgehead atoms. The van der Waals surface area contributed by atoms with E-state index in [2.05, 4.69) is 10.0 Å². The van der Waals surface area contributed by atoms with Crippen molar-refractivity contribution in [2.24, 2.45) is 0 Å². The van der Waals surface area contributed by atoms with Crippen molar-refractivity contribution in [3.63, 3.8) is 0 Å². The SMILES string of the molecule is CCNC(=O)c1cc(S(=O)(=O)Nc2cc(OC)c(OC)cc2C(=O)OC)ccc1OC. The Morgan fingerprint density at radius 2 is 1.48 bits per heavy atom. The fraction of sp³-hybridized carbons (Fsp3) is 0.300. The largest absolute Gasteiger partial charge is 0.496 e. The van der Waals surface area contributed by atoms with Gasteiger partial charge >= 0.3 is 5.97 Å². The fourth-order valence-electron chi connectivity index (χ4n) is 2.73. The van der Waals surface area contributed by atoms with Crippen LogP contribution in [0.25, 0.3) is 0 Å². The standard InChI is InChI=1S/C20H24N2O8S/c1-6-21-19(23)14-9-12(7-8-16(14)27-2)31(25,26)22-15-11-18(29-4)17(28-3)10-13(15)20(24)30-5/h7-11,22H,6H2,1-5H3,(H,21,23). The summed E-state index contributed by atoms with van der Waals surface area (Å²) in [6.07, 6.45) is 0. The van der Waals surface area contributed by atoms with Gasteiger partial charge in [0.1, 0.15) is 5.75 Å². The number of ether oxygens (including phenoxy) is 4. The molecule has 0 atom stereocenters. The van der Waals surface area contributed by atoms with E-state index in [0.29, 0.717) is 6.54 Å². The van der Waals surface area contributed by atoms with Gasteiger partial charge in [-0.1, -0.05) is 0 Å². The van der Waals surface area contributed by atoms with Crippen LogP contribution in [-0.4, -0.2) is 55.3 Å². The molecule has 0 radical (unpaired) electrons. The van der Waals surface area contributed by atoms with Crippen LogP contribution >= 0.6 is 0 Å². The molecule has 168 valence electrons. The van der Waals surface area contributed by atoms with E-state index in [1.165, 1.54) is 58.8 Å². The van der Waals surface area contributed by atoms with Crippen LogP contribution < -0.4 is 24.2 Å². The molecule has 2 aromatic carbocycles. The summed E-state index contributed by atoms with van der Waals surface area (Å²) < 4.78 is 48.7. The maximum absolute atomic E-state index is 13.0. The van der Waals surface area contributed by atoms with Crippen LogP contribution in [0.5, 0.6) is 17.2 Å². The summed E-state index contributed by atoms with van der Waals surface area (Å²) in [4.78, 5) is 24.3. The van der Waals surface area contributed by atoms with Gasteiger partial charge in [0.05, 0.1) is 50.1 Å². The number of hydrogen-bond acceptors (Lipinski definition) is 8. The molecule has 31 heavy (non-hydrogen) atoms. The normalized spacial score (nSPS) is 10.7. The first-order chi connectivity index (χ1) is 14.7. The van der Waals surface area contributed by atoms with Crippen molar-refractivity contribution in [2.45, 2.75) is 11.8 Å². The zero-order valence-corrected chi connectivity index (χ0v) is 18.6. The lowest BCUT2D eigenvalue weighted by Gasteiger charge is -2.16. The molecule has 0 fully saturated rings. The number of nitrogens with one attached hydrogen (secondary N) is 2. The number of sulfonamides is 1. The first-order valence-corrected chi connectivity index (χ1v) is 10.5.